The Bertz CT molecular complexity index is 3220. The maximum absolute atomic E-state index is 7.16. The molecule has 57 heavy (non-hydrogen) atoms. The molecule has 12 rings (SSSR count). The van der Waals surface area contributed by atoms with Crippen molar-refractivity contribution in [3.8, 4) is 56.7 Å². The number of benzene rings is 7. The molecule has 0 saturated heterocycles. The number of fused-ring (bicyclic) bond motifs is 10. The summed E-state index contributed by atoms with van der Waals surface area (Å²) in [6.45, 7) is 0. The van der Waals surface area contributed by atoms with Crippen LogP contribution in [-0.4, -0.2) is 19.5 Å². The monoisotopic (exact) mass is 748 g/mol. The second-order valence-corrected chi connectivity index (χ2v) is 15.8. The van der Waals surface area contributed by atoms with Crippen molar-refractivity contribution < 1.29 is 4.74 Å². The molecule has 2 unspecified atom stereocenters. The number of para-hydroxylation sites is 3. The lowest BCUT2D eigenvalue weighted by Gasteiger charge is -2.22. The van der Waals surface area contributed by atoms with Crippen molar-refractivity contribution in [3.63, 3.8) is 0 Å². The molecule has 0 amide bonds. The first-order valence-corrected chi connectivity index (χ1v) is 20.1. The highest BCUT2D eigenvalue weighted by Gasteiger charge is 2.41. The largest absolute Gasteiger partial charge is 0.484 e. The first-order chi connectivity index (χ1) is 28.2. The van der Waals surface area contributed by atoms with E-state index in [9.17, 15) is 0 Å². The molecule has 7 aromatic carbocycles. The number of aromatic nitrogens is 4. The minimum atomic E-state index is -0.197. The molecular formula is C51H32N4OS. The van der Waals surface area contributed by atoms with Crippen molar-refractivity contribution >= 4 is 48.5 Å². The van der Waals surface area contributed by atoms with Crippen LogP contribution in [0.5, 0.6) is 5.75 Å². The van der Waals surface area contributed by atoms with E-state index in [1.54, 1.807) is 11.3 Å². The van der Waals surface area contributed by atoms with Gasteiger partial charge in [-0.2, -0.15) is 0 Å². The molecule has 0 bridgehead atoms. The van der Waals surface area contributed by atoms with Gasteiger partial charge >= 0.3 is 0 Å². The Kier molecular flexibility index (Phi) is 7.16. The van der Waals surface area contributed by atoms with Crippen LogP contribution in [0.15, 0.2) is 176 Å². The maximum atomic E-state index is 7.16. The molecule has 0 saturated carbocycles. The first-order valence-electron chi connectivity index (χ1n) is 19.3. The molecule has 2 aliphatic rings. The van der Waals surface area contributed by atoms with E-state index in [1.165, 1.54) is 42.2 Å². The van der Waals surface area contributed by atoms with Crippen molar-refractivity contribution in [1.29, 1.82) is 0 Å². The molecule has 268 valence electrons. The Hall–Kier alpha value is -7.15. The zero-order valence-corrected chi connectivity index (χ0v) is 31.4. The van der Waals surface area contributed by atoms with Crippen LogP contribution in [0.25, 0.3) is 88.1 Å². The van der Waals surface area contributed by atoms with Crippen LogP contribution >= 0.6 is 11.3 Å². The van der Waals surface area contributed by atoms with Crippen molar-refractivity contribution in [1.82, 2.24) is 19.5 Å². The average molecular weight is 749 g/mol. The van der Waals surface area contributed by atoms with Gasteiger partial charge in [-0.25, -0.2) is 15.0 Å². The van der Waals surface area contributed by atoms with Crippen LogP contribution in [0.2, 0.25) is 0 Å². The predicted molar refractivity (Wildman–Crippen MR) is 233 cm³/mol. The highest BCUT2D eigenvalue weighted by atomic mass is 32.1. The number of hydrogen-bond acceptors (Lipinski definition) is 5. The highest BCUT2D eigenvalue weighted by molar-refractivity contribution is 7.25. The summed E-state index contributed by atoms with van der Waals surface area (Å²) in [6.07, 6.45) is 4.38. The second-order valence-electron chi connectivity index (χ2n) is 14.7. The van der Waals surface area contributed by atoms with Gasteiger partial charge in [0.2, 0.25) is 0 Å². The number of ether oxygens (including phenoxy) is 1. The minimum Gasteiger partial charge on any atom is -0.484 e. The lowest BCUT2D eigenvalue weighted by molar-refractivity contribution is 0.225. The van der Waals surface area contributed by atoms with E-state index in [2.05, 4.69) is 181 Å². The molecule has 5 nitrogen and oxygen atoms in total. The average Bonchev–Trinajstić information content (AvgIpc) is 3.96. The van der Waals surface area contributed by atoms with Gasteiger partial charge in [0.25, 0.3) is 0 Å². The maximum Gasteiger partial charge on any atom is 0.167 e. The SMILES string of the molecule is C1=CC2c3cccc(-c4nc(-c5ccc(-c6ccccc6)cc5)nc(-c5ccc6c(c5)sc5ccccc56)n4)c3OC2c2c1n(-c1ccccc1)c1ccccc21. The minimum absolute atomic E-state index is 0.0455. The molecule has 0 radical (unpaired) electrons. The lowest BCUT2D eigenvalue weighted by atomic mass is 9.85. The fourth-order valence-corrected chi connectivity index (χ4v) is 9.94. The van der Waals surface area contributed by atoms with Crippen molar-refractivity contribution in [2.24, 2.45) is 0 Å². The Morgan fingerprint density at radius 2 is 1.16 bits per heavy atom. The van der Waals surface area contributed by atoms with Gasteiger partial charge in [0.05, 0.1) is 16.8 Å². The zero-order chi connectivity index (χ0) is 37.5. The van der Waals surface area contributed by atoms with E-state index >= 15 is 0 Å². The summed E-state index contributed by atoms with van der Waals surface area (Å²) < 4.78 is 12.0. The van der Waals surface area contributed by atoms with Gasteiger partial charge in [-0.1, -0.05) is 140 Å². The topological polar surface area (TPSA) is 52.8 Å². The Morgan fingerprint density at radius 1 is 0.509 bits per heavy atom. The molecule has 2 atom stereocenters. The summed E-state index contributed by atoms with van der Waals surface area (Å²) in [7, 11) is 0. The Labute approximate surface area is 332 Å². The van der Waals surface area contributed by atoms with Crippen LogP contribution < -0.4 is 4.74 Å². The van der Waals surface area contributed by atoms with Crippen LogP contribution in [0.3, 0.4) is 0 Å². The van der Waals surface area contributed by atoms with E-state index in [0.29, 0.717) is 17.5 Å². The van der Waals surface area contributed by atoms with Crippen molar-refractivity contribution in [2.75, 3.05) is 0 Å². The molecule has 10 aromatic rings. The predicted octanol–water partition coefficient (Wildman–Crippen LogP) is 13.1. The van der Waals surface area contributed by atoms with Crippen LogP contribution in [-0.2, 0) is 0 Å². The summed E-state index contributed by atoms with van der Waals surface area (Å²) in [4.78, 5) is 15.6. The molecular weight excluding hydrogens is 717 g/mol. The number of hydrogen-bond donors (Lipinski definition) is 0. The van der Waals surface area contributed by atoms with E-state index in [-0.39, 0.29) is 12.0 Å². The molecule has 0 fully saturated rings. The summed E-state index contributed by atoms with van der Waals surface area (Å²) in [6, 6.07) is 59.7. The molecule has 4 heterocycles. The van der Waals surface area contributed by atoms with Gasteiger partial charge in [-0.15, -0.1) is 11.3 Å². The van der Waals surface area contributed by atoms with Crippen LogP contribution in [0.1, 0.15) is 28.8 Å². The van der Waals surface area contributed by atoms with Gasteiger partial charge in [-0.05, 0) is 53.6 Å². The molecule has 0 N–H and O–H groups in total. The van der Waals surface area contributed by atoms with Gasteiger partial charge in [0.1, 0.15) is 11.9 Å². The number of thiophene rings is 1. The van der Waals surface area contributed by atoms with Gasteiger partial charge in [0, 0.05) is 59.4 Å². The summed E-state index contributed by atoms with van der Waals surface area (Å²) >= 11 is 1.79. The summed E-state index contributed by atoms with van der Waals surface area (Å²) in [5.41, 5.74) is 10.8. The van der Waals surface area contributed by atoms with E-state index in [4.69, 9.17) is 19.7 Å². The fraction of sp³-hybridized carbons (Fsp3) is 0.0392. The zero-order valence-electron chi connectivity index (χ0n) is 30.6. The van der Waals surface area contributed by atoms with Crippen molar-refractivity contribution in [3.05, 3.63) is 193 Å². The van der Waals surface area contributed by atoms with Gasteiger partial charge in [-0.3, -0.25) is 0 Å². The molecule has 1 aliphatic heterocycles. The Balaban J connectivity index is 1.01. The summed E-state index contributed by atoms with van der Waals surface area (Å²) in [5.74, 6) is 2.70. The van der Waals surface area contributed by atoms with E-state index in [1.807, 2.05) is 6.07 Å². The second kappa shape index (κ2) is 12.7. The summed E-state index contributed by atoms with van der Waals surface area (Å²) in [5, 5.41) is 3.70. The van der Waals surface area contributed by atoms with Crippen LogP contribution in [0.4, 0.5) is 0 Å². The lowest BCUT2D eigenvalue weighted by Crippen LogP contribution is -2.13. The van der Waals surface area contributed by atoms with E-state index < -0.39 is 0 Å². The third kappa shape index (κ3) is 5.11. The quantitative estimate of drug-likeness (QED) is 0.176. The van der Waals surface area contributed by atoms with Crippen molar-refractivity contribution in [2.45, 2.75) is 12.0 Å². The molecule has 3 aromatic heterocycles. The third-order valence-corrected chi connectivity index (χ3v) is 12.6. The first kappa shape index (κ1) is 32.1. The molecule has 1 aliphatic carbocycles. The molecule has 6 heteroatoms. The number of nitrogens with zero attached hydrogens (tertiary/aromatic N) is 4. The van der Waals surface area contributed by atoms with Crippen LogP contribution in [0, 0.1) is 0 Å². The standard InChI is InChI=1S/C51H32N4OS/c1-3-12-31(13-4-1)32-22-24-33(25-23-32)49-52-50(34-26-27-37-36-16-8-10-21-44(36)57-45(37)30-34)54-51(53-49)41-19-11-18-38-39-28-29-43-46(48(39)56-47(38)41)40-17-7-9-20-42(40)55(43)35-14-5-2-6-15-35/h1-30,39,48H. The van der Waals surface area contributed by atoms with E-state index in [0.717, 1.165) is 44.9 Å². The van der Waals surface area contributed by atoms with Gasteiger partial charge in [0.15, 0.2) is 17.5 Å². The molecule has 0 spiro atoms. The normalized spacial score (nSPS) is 15.4. The fourth-order valence-electron chi connectivity index (χ4n) is 8.79. The smallest absolute Gasteiger partial charge is 0.167 e. The number of rotatable bonds is 5. The highest BCUT2D eigenvalue weighted by Crippen LogP contribution is 2.55. The third-order valence-electron chi connectivity index (χ3n) is 11.5. The Morgan fingerprint density at radius 3 is 2.00 bits per heavy atom. The van der Waals surface area contributed by atoms with Gasteiger partial charge < -0.3 is 9.30 Å².